The molecule has 2 atom stereocenters. The zero-order valence-electron chi connectivity index (χ0n) is 7.34. The van der Waals surface area contributed by atoms with Crippen molar-refractivity contribution in [1.82, 2.24) is 0 Å². The molecule has 0 spiro atoms. The first kappa shape index (κ1) is 12.2. The number of aliphatic hydroxyl groups excluding tert-OH is 1. The maximum absolute atomic E-state index is 9.16. The Labute approximate surface area is 83.6 Å². The first-order valence-electron chi connectivity index (χ1n) is 3.84. The summed E-state index contributed by atoms with van der Waals surface area (Å²) in [6, 6.07) is 6.16. The maximum Gasteiger partial charge on any atom is 0.115 e. The summed E-state index contributed by atoms with van der Waals surface area (Å²) in [5.74, 6) is 0.170. The van der Waals surface area contributed by atoms with E-state index in [-0.39, 0.29) is 18.2 Å². The molecule has 0 amide bonds. The molecule has 3 nitrogen and oxygen atoms in total. The zero-order valence-corrected chi connectivity index (χ0v) is 8.16. The third-order valence-corrected chi connectivity index (χ3v) is 1.77. The van der Waals surface area contributed by atoms with Crippen LogP contribution in [-0.4, -0.2) is 16.3 Å². The summed E-state index contributed by atoms with van der Waals surface area (Å²) in [5.41, 5.74) is 6.39. The van der Waals surface area contributed by atoms with Crippen molar-refractivity contribution in [2.75, 3.05) is 0 Å². The van der Waals surface area contributed by atoms with Gasteiger partial charge in [0.1, 0.15) is 5.75 Å². The lowest BCUT2D eigenvalue weighted by Crippen LogP contribution is -2.22. The van der Waals surface area contributed by atoms with Gasteiger partial charge in [-0.1, -0.05) is 12.1 Å². The van der Waals surface area contributed by atoms with Crippen molar-refractivity contribution in [3.8, 4) is 5.75 Å². The van der Waals surface area contributed by atoms with Gasteiger partial charge in [0.05, 0.1) is 12.1 Å². The second kappa shape index (κ2) is 5.07. The van der Waals surface area contributed by atoms with Crippen LogP contribution in [0.25, 0.3) is 0 Å². The van der Waals surface area contributed by atoms with Crippen LogP contribution in [0.3, 0.4) is 0 Å². The van der Waals surface area contributed by atoms with E-state index in [2.05, 4.69) is 0 Å². The number of phenolic OH excluding ortho intramolecular Hbond substituents is 1. The fourth-order valence-electron chi connectivity index (χ4n) is 1.01. The summed E-state index contributed by atoms with van der Waals surface area (Å²) in [6.07, 6.45) is -0.605. The van der Waals surface area contributed by atoms with Gasteiger partial charge in [-0.15, -0.1) is 12.4 Å². The summed E-state index contributed by atoms with van der Waals surface area (Å²) in [5, 5.41) is 18.3. The normalized spacial score (nSPS) is 14.4. The molecule has 1 aromatic carbocycles. The number of nitrogens with two attached hydrogens (primary N) is 1. The monoisotopic (exact) mass is 203 g/mol. The molecule has 4 N–H and O–H groups in total. The highest BCUT2D eigenvalue weighted by Gasteiger charge is 2.11. The molecular weight excluding hydrogens is 190 g/mol. The van der Waals surface area contributed by atoms with Gasteiger partial charge in [0, 0.05) is 0 Å². The molecular formula is C9H14ClNO2. The Morgan fingerprint density at radius 3 is 2.46 bits per heavy atom. The summed E-state index contributed by atoms with van der Waals surface area (Å²) in [7, 11) is 0. The van der Waals surface area contributed by atoms with Crippen molar-refractivity contribution in [3.05, 3.63) is 29.8 Å². The maximum atomic E-state index is 9.16. The summed E-state index contributed by atoms with van der Waals surface area (Å²) < 4.78 is 0. The van der Waals surface area contributed by atoms with Crippen LogP contribution in [0.1, 0.15) is 18.5 Å². The SMILES string of the molecule is C[C@H](O)[C@H](N)c1cccc(O)c1.Cl. The quantitative estimate of drug-likeness (QED) is 0.677. The van der Waals surface area contributed by atoms with Crippen LogP contribution in [-0.2, 0) is 0 Å². The molecule has 0 saturated carbocycles. The van der Waals surface area contributed by atoms with Crippen molar-refractivity contribution in [3.63, 3.8) is 0 Å². The molecule has 0 saturated heterocycles. The van der Waals surface area contributed by atoms with Crippen LogP contribution in [0, 0.1) is 0 Å². The average Bonchev–Trinajstić information content (AvgIpc) is 2.03. The van der Waals surface area contributed by atoms with Gasteiger partial charge in [-0.2, -0.15) is 0 Å². The first-order chi connectivity index (χ1) is 5.61. The lowest BCUT2D eigenvalue weighted by atomic mass is 10.0. The van der Waals surface area contributed by atoms with Gasteiger partial charge in [0.25, 0.3) is 0 Å². The van der Waals surface area contributed by atoms with Crippen molar-refractivity contribution in [2.45, 2.75) is 19.1 Å². The van der Waals surface area contributed by atoms with E-state index < -0.39 is 12.1 Å². The zero-order chi connectivity index (χ0) is 9.14. The van der Waals surface area contributed by atoms with E-state index in [0.29, 0.717) is 0 Å². The Balaban J connectivity index is 0.00000144. The summed E-state index contributed by atoms with van der Waals surface area (Å²) in [4.78, 5) is 0. The summed E-state index contributed by atoms with van der Waals surface area (Å²) >= 11 is 0. The molecule has 0 aliphatic rings. The van der Waals surface area contributed by atoms with Gasteiger partial charge >= 0.3 is 0 Å². The number of hydrogen-bond acceptors (Lipinski definition) is 3. The van der Waals surface area contributed by atoms with E-state index in [9.17, 15) is 0 Å². The van der Waals surface area contributed by atoms with E-state index in [4.69, 9.17) is 15.9 Å². The van der Waals surface area contributed by atoms with Gasteiger partial charge in [0.2, 0.25) is 0 Å². The molecule has 13 heavy (non-hydrogen) atoms. The number of halogens is 1. The number of rotatable bonds is 2. The Morgan fingerprint density at radius 1 is 1.38 bits per heavy atom. The molecule has 0 fully saturated rings. The van der Waals surface area contributed by atoms with E-state index in [0.717, 1.165) is 5.56 Å². The van der Waals surface area contributed by atoms with Crippen LogP contribution in [0.15, 0.2) is 24.3 Å². The molecule has 0 aliphatic carbocycles. The van der Waals surface area contributed by atoms with Crippen molar-refractivity contribution < 1.29 is 10.2 Å². The largest absolute Gasteiger partial charge is 0.508 e. The minimum Gasteiger partial charge on any atom is -0.508 e. The van der Waals surface area contributed by atoms with Gasteiger partial charge in [-0.05, 0) is 24.6 Å². The highest BCUT2D eigenvalue weighted by molar-refractivity contribution is 5.85. The summed E-state index contributed by atoms with van der Waals surface area (Å²) in [6.45, 7) is 1.62. The van der Waals surface area contributed by atoms with Gasteiger partial charge in [-0.25, -0.2) is 0 Å². The molecule has 1 aromatic rings. The minimum absolute atomic E-state index is 0. The highest BCUT2D eigenvalue weighted by Crippen LogP contribution is 2.18. The Bertz CT molecular complexity index is 266. The Hall–Kier alpha value is -0.770. The molecule has 1 rings (SSSR count). The molecule has 74 valence electrons. The molecule has 0 bridgehead atoms. The molecule has 0 unspecified atom stereocenters. The Kier molecular flexibility index (Phi) is 4.77. The standard InChI is InChI=1S/C9H13NO2.ClH/c1-6(11)9(10)7-3-2-4-8(12)5-7;/h2-6,9,11-12H,10H2,1H3;1H/t6-,9-;/m0./s1. The van der Waals surface area contributed by atoms with Gasteiger partial charge < -0.3 is 15.9 Å². The van der Waals surface area contributed by atoms with Gasteiger partial charge in [0.15, 0.2) is 0 Å². The lowest BCUT2D eigenvalue weighted by molar-refractivity contribution is 0.164. The third kappa shape index (κ3) is 3.22. The lowest BCUT2D eigenvalue weighted by Gasteiger charge is -2.14. The van der Waals surface area contributed by atoms with E-state index in [1.54, 1.807) is 31.2 Å². The van der Waals surface area contributed by atoms with E-state index in [1.165, 1.54) is 0 Å². The minimum atomic E-state index is -0.605. The van der Waals surface area contributed by atoms with Crippen LogP contribution in [0.4, 0.5) is 0 Å². The fraction of sp³-hybridized carbons (Fsp3) is 0.333. The average molecular weight is 204 g/mol. The van der Waals surface area contributed by atoms with Crippen molar-refractivity contribution in [2.24, 2.45) is 5.73 Å². The van der Waals surface area contributed by atoms with Crippen LogP contribution < -0.4 is 5.73 Å². The predicted octanol–water partition coefficient (Wildman–Crippen LogP) is 1.19. The van der Waals surface area contributed by atoms with E-state index in [1.807, 2.05) is 0 Å². The van der Waals surface area contributed by atoms with E-state index >= 15 is 0 Å². The smallest absolute Gasteiger partial charge is 0.115 e. The molecule has 4 heteroatoms. The van der Waals surface area contributed by atoms with Crippen LogP contribution in [0.2, 0.25) is 0 Å². The highest BCUT2D eigenvalue weighted by atomic mass is 35.5. The second-order valence-corrected chi connectivity index (χ2v) is 2.86. The number of phenols is 1. The van der Waals surface area contributed by atoms with Crippen molar-refractivity contribution in [1.29, 1.82) is 0 Å². The fourth-order valence-corrected chi connectivity index (χ4v) is 1.01. The van der Waals surface area contributed by atoms with Crippen LogP contribution in [0.5, 0.6) is 5.75 Å². The molecule has 0 aromatic heterocycles. The first-order valence-corrected chi connectivity index (χ1v) is 3.84. The molecule has 0 radical (unpaired) electrons. The molecule has 0 heterocycles. The second-order valence-electron chi connectivity index (χ2n) is 2.86. The number of hydrogen-bond donors (Lipinski definition) is 3. The third-order valence-electron chi connectivity index (χ3n) is 1.77. The molecule has 0 aliphatic heterocycles. The van der Waals surface area contributed by atoms with Crippen LogP contribution >= 0.6 is 12.4 Å². The topological polar surface area (TPSA) is 66.5 Å². The predicted molar refractivity (Wildman–Crippen MR) is 54.0 cm³/mol. The van der Waals surface area contributed by atoms with Crippen molar-refractivity contribution >= 4 is 12.4 Å². The number of aliphatic hydroxyl groups is 1. The van der Waals surface area contributed by atoms with Gasteiger partial charge in [-0.3, -0.25) is 0 Å². The number of benzene rings is 1. The Morgan fingerprint density at radius 2 is 2.00 bits per heavy atom. The number of aromatic hydroxyl groups is 1.